The summed E-state index contributed by atoms with van der Waals surface area (Å²) < 4.78 is 0.122. The molecule has 0 bridgehead atoms. The van der Waals surface area contributed by atoms with Crippen LogP contribution in [0.2, 0.25) is 0 Å². The molecule has 0 radical (unpaired) electrons. The molecule has 1 heteroatoms. The Hall–Kier alpha value is -0.300. The Morgan fingerprint density at radius 2 is 2.07 bits per heavy atom. The van der Waals surface area contributed by atoms with Crippen molar-refractivity contribution >= 4 is 15.9 Å². The molecule has 0 heterocycles. The fourth-order valence-electron chi connectivity index (χ4n) is 2.20. The van der Waals surface area contributed by atoms with Gasteiger partial charge in [0.2, 0.25) is 0 Å². The largest absolute Gasteiger partial charge is 0.0801 e. The SMILES string of the molecule is CC1(Br)C=CC=CC1C=C1CCCC1. The van der Waals surface area contributed by atoms with Crippen molar-refractivity contribution in [3.8, 4) is 0 Å². The molecule has 0 aromatic rings. The second-order valence-electron chi connectivity index (χ2n) is 4.45. The number of allylic oxidation sites excluding steroid dienone is 6. The summed E-state index contributed by atoms with van der Waals surface area (Å²) >= 11 is 3.78. The molecule has 0 N–H and O–H groups in total. The van der Waals surface area contributed by atoms with Crippen molar-refractivity contribution in [3.05, 3.63) is 36.0 Å². The highest BCUT2D eigenvalue weighted by Gasteiger charge is 2.27. The van der Waals surface area contributed by atoms with E-state index in [0.29, 0.717) is 5.92 Å². The van der Waals surface area contributed by atoms with Crippen molar-refractivity contribution in [2.75, 3.05) is 0 Å². The molecule has 0 aromatic carbocycles. The molecular formula is C13H17Br. The van der Waals surface area contributed by atoms with Gasteiger partial charge in [0.1, 0.15) is 0 Å². The standard InChI is InChI=1S/C13H17Br/c1-13(14)9-5-4-8-12(13)10-11-6-2-3-7-11/h4-5,8-10,12H,2-3,6-7H2,1H3. The van der Waals surface area contributed by atoms with E-state index in [2.05, 4.69) is 53.2 Å². The zero-order chi connectivity index (χ0) is 10.0. The summed E-state index contributed by atoms with van der Waals surface area (Å²) in [6.45, 7) is 2.24. The number of rotatable bonds is 1. The average Bonchev–Trinajstić information content (AvgIpc) is 2.61. The molecule has 2 aliphatic rings. The maximum Gasteiger partial charge on any atom is 0.0508 e. The minimum Gasteiger partial charge on any atom is -0.0801 e. The van der Waals surface area contributed by atoms with Gasteiger partial charge in [-0.15, -0.1) is 0 Å². The molecule has 76 valence electrons. The molecule has 1 fully saturated rings. The van der Waals surface area contributed by atoms with Gasteiger partial charge in [0.25, 0.3) is 0 Å². The van der Waals surface area contributed by atoms with E-state index in [1.807, 2.05) is 0 Å². The number of hydrogen-bond donors (Lipinski definition) is 0. The highest BCUT2D eigenvalue weighted by Crippen LogP contribution is 2.36. The first kappa shape index (κ1) is 10.2. The zero-order valence-electron chi connectivity index (χ0n) is 8.67. The molecule has 0 amide bonds. The van der Waals surface area contributed by atoms with Crippen LogP contribution in [0.5, 0.6) is 0 Å². The molecule has 2 atom stereocenters. The molecule has 2 rings (SSSR count). The Morgan fingerprint density at radius 3 is 2.71 bits per heavy atom. The third-order valence-corrected chi connectivity index (χ3v) is 3.96. The highest BCUT2D eigenvalue weighted by atomic mass is 79.9. The predicted octanol–water partition coefficient (Wildman–Crippen LogP) is 4.38. The lowest BCUT2D eigenvalue weighted by Crippen LogP contribution is -2.24. The van der Waals surface area contributed by atoms with Crippen LogP contribution in [0.25, 0.3) is 0 Å². The Labute approximate surface area is 94.9 Å². The lowest BCUT2D eigenvalue weighted by atomic mass is 9.88. The van der Waals surface area contributed by atoms with E-state index < -0.39 is 0 Å². The van der Waals surface area contributed by atoms with E-state index in [-0.39, 0.29) is 4.32 Å². The molecule has 2 unspecified atom stereocenters. The summed E-state index contributed by atoms with van der Waals surface area (Å²) in [7, 11) is 0. The predicted molar refractivity (Wildman–Crippen MR) is 65.7 cm³/mol. The van der Waals surface area contributed by atoms with Gasteiger partial charge in [0, 0.05) is 5.92 Å². The normalized spacial score (nSPS) is 36.4. The monoisotopic (exact) mass is 252 g/mol. The molecule has 1 saturated carbocycles. The van der Waals surface area contributed by atoms with Crippen LogP contribution in [0.3, 0.4) is 0 Å². The van der Waals surface area contributed by atoms with Gasteiger partial charge < -0.3 is 0 Å². The summed E-state index contributed by atoms with van der Waals surface area (Å²) in [5, 5.41) is 0. The molecule has 2 aliphatic carbocycles. The lowest BCUT2D eigenvalue weighted by molar-refractivity contribution is 0.664. The number of alkyl halides is 1. The topological polar surface area (TPSA) is 0 Å². The van der Waals surface area contributed by atoms with Crippen LogP contribution in [0, 0.1) is 5.92 Å². The first-order valence-electron chi connectivity index (χ1n) is 5.43. The molecule has 0 aromatic heterocycles. The van der Waals surface area contributed by atoms with Gasteiger partial charge in [0.05, 0.1) is 4.32 Å². The van der Waals surface area contributed by atoms with Gasteiger partial charge in [-0.3, -0.25) is 0 Å². The third kappa shape index (κ3) is 2.20. The highest BCUT2D eigenvalue weighted by molar-refractivity contribution is 9.10. The second kappa shape index (κ2) is 4.06. The van der Waals surface area contributed by atoms with Gasteiger partial charge in [-0.1, -0.05) is 51.9 Å². The van der Waals surface area contributed by atoms with E-state index in [9.17, 15) is 0 Å². The van der Waals surface area contributed by atoms with E-state index >= 15 is 0 Å². The fourth-order valence-corrected chi connectivity index (χ4v) is 2.63. The van der Waals surface area contributed by atoms with Crippen LogP contribution in [0.1, 0.15) is 32.6 Å². The number of hydrogen-bond acceptors (Lipinski definition) is 0. The van der Waals surface area contributed by atoms with Crippen molar-refractivity contribution in [2.45, 2.75) is 36.9 Å². The van der Waals surface area contributed by atoms with Crippen molar-refractivity contribution in [1.29, 1.82) is 0 Å². The van der Waals surface area contributed by atoms with Gasteiger partial charge in [0.15, 0.2) is 0 Å². The smallest absolute Gasteiger partial charge is 0.0508 e. The van der Waals surface area contributed by atoms with Gasteiger partial charge >= 0.3 is 0 Å². The minimum absolute atomic E-state index is 0.122. The van der Waals surface area contributed by atoms with Crippen molar-refractivity contribution < 1.29 is 0 Å². The molecular weight excluding hydrogens is 236 g/mol. The summed E-state index contributed by atoms with van der Waals surface area (Å²) in [5.41, 5.74) is 1.65. The van der Waals surface area contributed by atoms with E-state index in [1.54, 1.807) is 5.57 Å². The van der Waals surface area contributed by atoms with E-state index in [1.165, 1.54) is 25.7 Å². The minimum atomic E-state index is 0.122. The first-order chi connectivity index (χ1) is 6.68. The van der Waals surface area contributed by atoms with E-state index in [4.69, 9.17) is 0 Å². The molecule has 0 spiro atoms. The summed E-state index contributed by atoms with van der Waals surface area (Å²) in [4.78, 5) is 0. The van der Waals surface area contributed by atoms with Crippen LogP contribution >= 0.6 is 15.9 Å². The summed E-state index contributed by atoms with van der Waals surface area (Å²) in [5.74, 6) is 0.528. The first-order valence-corrected chi connectivity index (χ1v) is 6.22. The van der Waals surface area contributed by atoms with Crippen LogP contribution in [-0.2, 0) is 0 Å². The quantitative estimate of drug-likeness (QED) is 0.480. The van der Waals surface area contributed by atoms with Gasteiger partial charge in [-0.25, -0.2) is 0 Å². The Bertz CT molecular complexity index is 286. The van der Waals surface area contributed by atoms with Gasteiger partial charge in [-0.2, -0.15) is 0 Å². The van der Waals surface area contributed by atoms with Crippen molar-refractivity contribution in [2.24, 2.45) is 5.92 Å². The Morgan fingerprint density at radius 1 is 1.36 bits per heavy atom. The maximum absolute atomic E-state index is 3.78. The van der Waals surface area contributed by atoms with Crippen LogP contribution in [0.4, 0.5) is 0 Å². The second-order valence-corrected chi connectivity index (χ2v) is 6.16. The average molecular weight is 253 g/mol. The molecule has 14 heavy (non-hydrogen) atoms. The lowest BCUT2D eigenvalue weighted by Gasteiger charge is -2.27. The van der Waals surface area contributed by atoms with Crippen molar-refractivity contribution in [1.82, 2.24) is 0 Å². The van der Waals surface area contributed by atoms with E-state index in [0.717, 1.165) is 0 Å². The van der Waals surface area contributed by atoms with Crippen LogP contribution in [-0.4, -0.2) is 4.32 Å². The summed E-state index contributed by atoms with van der Waals surface area (Å²) in [6, 6.07) is 0. The van der Waals surface area contributed by atoms with Crippen LogP contribution in [0.15, 0.2) is 36.0 Å². The fraction of sp³-hybridized carbons (Fsp3) is 0.538. The third-order valence-electron chi connectivity index (χ3n) is 3.16. The van der Waals surface area contributed by atoms with Gasteiger partial charge in [-0.05, 0) is 32.6 Å². The van der Waals surface area contributed by atoms with Crippen molar-refractivity contribution in [3.63, 3.8) is 0 Å². The summed E-state index contributed by atoms with van der Waals surface area (Å²) in [6.07, 6.45) is 16.7. The Balaban J connectivity index is 2.14. The molecule has 0 saturated heterocycles. The maximum atomic E-state index is 3.78. The Kier molecular flexibility index (Phi) is 2.96. The molecule has 0 aliphatic heterocycles. The molecule has 0 nitrogen and oxygen atoms in total. The number of halogens is 1. The zero-order valence-corrected chi connectivity index (χ0v) is 10.3. The van der Waals surface area contributed by atoms with Crippen LogP contribution < -0.4 is 0 Å².